The molecule has 0 amide bonds. The van der Waals surface area contributed by atoms with Crippen LogP contribution in [-0.2, 0) is 0 Å². The van der Waals surface area contributed by atoms with Crippen LogP contribution in [0.2, 0.25) is 5.02 Å². The van der Waals surface area contributed by atoms with Gasteiger partial charge in [0.2, 0.25) is 0 Å². The maximum absolute atomic E-state index is 14.1. The van der Waals surface area contributed by atoms with Gasteiger partial charge in [-0.25, -0.2) is 4.39 Å². The zero-order valence-corrected chi connectivity index (χ0v) is 12.6. The number of hydrogen-bond acceptors (Lipinski definition) is 1. The summed E-state index contributed by atoms with van der Waals surface area (Å²) in [4.78, 5) is 0. The molecule has 0 bridgehead atoms. The minimum absolute atomic E-state index is 0.0160. The van der Waals surface area contributed by atoms with Gasteiger partial charge in [0.1, 0.15) is 5.82 Å². The molecule has 1 aromatic carbocycles. The van der Waals surface area contributed by atoms with Crippen LogP contribution < -0.4 is 5.32 Å². The van der Waals surface area contributed by atoms with Gasteiger partial charge in [-0.2, -0.15) is 0 Å². The van der Waals surface area contributed by atoms with Crippen LogP contribution in [0.15, 0.2) is 18.2 Å². The first kappa shape index (κ1) is 15.5. The lowest BCUT2D eigenvalue weighted by Crippen LogP contribution is -2.32. The molecule has 102 valence electrons. The molecule has 0 aromatic heterocycles. The third-order valence-corrected chi connectivity index (χ3v) is 3.77. The Bertz CT molecular complexity index is 382. The topological polar surface area (TPSA) is 12.0 Å². The average Bonchev–Trinajstić information content (AvgIpc) is 2.25. The molecule has 1 unspecified atom stereocenters. The highest BCUT2D eigenvalue weighted by Crippen LogP contribution is 2.35. The summed E-state index contributed by atoms with van der Waals surface area (Å²) in [5.74, 6) is 1.12. The van der Waals surface area contributed by atoms with Gasteiger partial charge in [-0.1, -0.05) is 45.4 Å². The minimum atomic E-state index is -0.229. The summed E-state index contributed by atoms with van der Waals surface area (Å²) in [6.45, 7) is 8.73. The van der Waals surface area contributed by atoms with Crippen LogP contribution in [0.3, 0.4) is 0 Å². The van der Waals surface area contributed by atoms with Crippen LogP contribution in [0.25, 0.3) is 0 Å². The van der Waals surface area contributed by atoms with Gasteiger partial charge in [0, 0.05) is 16.6 Å². The van der Waals surface area contributed by atoms with E-state index in [4.69, 9.17) is 11.6 Å². The Kier molecular flexibility index (Phi) is 5.61. The summed E-state index contributed by atoms with van der Waals surface area (Å²) in [6, 6.07) is 4.94. The number of benzene rings is 1. The SMILES string of the molecule is CNC(c1ccc(Cl)cc1F)C(C(C)C)C(C)C. The second-order valence-corrected chi connectivity index (χ2v) is 5.93. The fourth-order valence-corrected chi connectivity index (χ4v) is 3.01. The van der Waals surface area contributed by atoms with Gasteiger partial charge in [-0.3, -0.25) is 0 Å². The highest BCUT2D eigenvalue weighted by atomic mass is 35.5. The van der Waals surface area contributed by atoms with E-state index in [1.165, 1.54) is 6.07 Å². The van der Waals surface area contributed by atoms with Gasteiger partial charge in [0.05, 0.1) is 0 Å². The molecular weight excluding hydrogens is 249 g/mol. The van der Waals surface area contributed by atoms with Crippen molar-refractivity contribution in [3.63, 3.8) is 0 Å². The third kappa shape index (κ3) is 3.46. The van der Waals surface area contributed by atoms with Crippen LogP contribution in [0.1, 0.15) is 39.3 Å². The first-order chi connectivity index (χ1) is 8.38. The minimum Gasteiger partial charge on any atom is -0.313 e. The fraction of sp³-hybridized carbons (Fsp3) is 0.600. The van der Waals surface area contributed by atoms with E-state index in [0.717, 1.165) is 0 Å². The summed E-state index contributed by atoms with van der Waals surface area (Å²) in [5, 5.41) is 3.70. The first-order valence-electron chi connectivity index (χ1n) is 6.50. The molecule has 0 spiro atoms. The van der Waals surface area contributed by atoms with Gasteiger partial charge >= 0.3 is 0 Å². The van der Waals surface area contributed by atoms with Crippen molar-refractivity contribution < 1.29 is 4.39 Å². The molecule has 0 radical (unpaired) electrons. The van der Waals surface area contributed by atoms with Gasteiger partial charge in [-0.15, -0.1) is 0 Å². The molecular formula is C15H23ClFN. The fourth-order valence-electron chi connectivity index (χ4n) is 2.85. The van der Waals surface area contributed by atoms with Crippen LogP contribution in [0.5, 0.6) is 0 Å². The standard InChI is InChI=1S/C15H23ClFN/c1-9(2)14(10(3)4)15(18-5)12-7-6-11(16)8-13(12)17/h6-10,14-15,18H,1-5H3. The Morgan fingerprint density at radius 1 is 1.11 bits per heavy atom. The average molecular weight is 272 g/mol. The number of nitrogens with one attached hydrogen (secondary N) is 1. The zero-order valence-electron chi connectivity index (χ0n) is 11.8. The Morgan fingerprint density at radius 2 is 1.67 bits per heavy atom. The van der Waals surface area contributed by atoms with Crippen molar-refractivity contribution in [2.45, 2.75) is 33.7 Å². The van der Waals surface area contributed by atoms with Crippen molar-refractivity contribution in [2.75, 3.05) is 7.05 Å². The van der Waals surface area contributed by atoms with Crippen molar-refractivity contribution in [3.05, 3.63) is 34.6 Å². The Hall–Kier alpha value is -0.600. The molecule has 0 saturated heterocycles. The quantitative estimate of drug-likeness (QED) is 0.821. The highest BCUT2D eigenvalue weighted by Gasteiger charge is 2.29. The van der Waals surface area contributed by atoms with E-state index in [0.29, 0.717) is 28.3 Å². The molecule has 0 aliphatic heterocycles. The Labute approximate surface area is 115 Å². The smallest absolute Gasteiger partial charge is 0.129 e. The van der Waals surface area contributed by atoms with Gasteiger partial charge in [0.15, 0.2) is 0 Å². The van der Waals surface area contributed by atoms with Crippen molar-refractivity contribution in [1.82, 2.24) is 5.32 Å². The highest BCUT2D eigenvalue weighted by molar-refractivity contribution is 6.30. The molecule has 0 aliphatic rings. The summed E-state index contributed by atoms with van der Waals surface area (Å²) in [6.07, 6.45) is 0. The van der Waals surface area contributed by atoms with Crippen LogP contribution in [-0.4, -0.2) is 7.05 Å². The van der Waals surface area contributed by atoms with Gasteiger partial charge < -0.3 is 5.32 Å². The Balaban J connectivity index is 3.15. The van der Waals surface area contributed by atoms with E-state index in [9.17, 15) is 4.39 Å². The molecule has 0 fully saturated rings. The van der Waals surface area contributed by atoms with Crippen LogP contribution in [0.4, 0.5) is 4.39 Å². The van der Waals surface area contributed by atoms with Crippen LogP contribution in [0, 0.1) is 23.6 Å². The summed E-state index contributed by atoms with van der Waals surface area (Å²) >= 11 is 5.81. The van der Waals surface area contributed by atoms with Crippen molar-refractivity contribution >= 4 is 11.6 Å². The van der Waals surface area contributed by atoms with E-state index >= 15 is 0 Å². The lowest BCUT2D eigenvalue weighted by atomic mass is 9.77. The molecule has 0 heterocycles. The van der Waals surface area contributed by atoms with Gasteiger partial charge in [0.25, 0.3) is 0 Å². The second kappa shape index (κ2) is 6.53. The molecule has 3 heteroatoms. The number of hydrogen-bond donors (Lipinski definition) is 1. The molecule has 1 N–H and O–H groups in total. The molecule has 1 nitrogen and oxygen atoms in total. The van der Waals surface area contributed by atoms with E-state index in [1.54, 1.807) is 12.1 Å². The monoisotopic (exact) mass is 271 g/mol. The molecule has 1 aromatic rings. The van der Waals surface area contributed by atoms with E-state index in [-0.39, 0.29) is 11.9 Å². The summed E-state index contributed by atoms with van der Waals surface area (Å²) in [7, 11) is 1.89. The summed E-state index contributed by atoms with van der Waals surface area (Å²) < 4.78 is 14.1. The van der Waals surface area contributed by atoms with Crippen LogP contribution >= 0.6 is 11.6 Å². The largest absolute Gasteiger partial charge is 0.313 e. The molecule has 1 rings (SSSR count). The third-order valence-electron chi connectivity index (χ3n) is 3.53. The predicted octanol–water partition coefficient (Wildman–Crippen LogP) is 4.67. The maximum atomic E-state index is 14.1. The summed E-state index contributed by atoms with van der Waals surface area (Å²) in [5.41, 5.74) is 0.703. The predicted molar refractivity (Wildman–Crippen MR) is 76.4 cm³/mol. The normalized spacial score (nSPS) is 13.7. The Morgan fingerprint density at radius 3 is 2.06 bits per heavy atom. The molecule has 18 heavy (non-hydrogen) atoms. The first-order valence-corrected chi connectivity index (χ1v) is 6.88. The number of rotatable bonds is 5. The molecule has 1 atom stereocenters. The maximum Gasteiger partial charge on any atom is 0.129 e. The van der Waals surface area contributed by atoms with Crippen molar-refractivity contribution in [1.29, 1.82) is 0 Å². The lowest BCUT2D eigenvalue weighted by molar-refractivity contribution is 0.214. The number of halogens is 2. The van der Waals surface area contributed by atoms with Gasteiger partial charge in [-0.05, 0) is 36.9 Å². The zero-order chi connectivity index (χ0) is 13.9. The lowest BCUT2D eigenvalue weighted by Gasteiger charge is -2.33. The van der Waals surface area contributed by atoms with Crippen molar-refractivity contribution in [3.8, 4) is 0 Å². The van der Waals surface area contributed by atoms with Crippen molar-refractivity contribution in [2.24, 2.45) is 17.8 Å². The van der Waals surface area contributed by atoms with E-state index < -0.39 is 0 Å². The second-order valence-electron chi connectivity index (χ2n) is 5.50. The van der Waals surface area contributed by atoms with E-state index in [1.807, 2.05) is 7.05 Å². The molecule has 0 saturated carbocycles. The molecule has 0 aliphatic carbocycles. The van der Waals surface area contributed by atoms with E-state index in [2.05, 4.69) is 33.0 Å².